The molecule has 0 aromatic heterocycles. The van der Waals surface area contributed by atoms with Gasteiger partial charge in [-0.3, -0.25) is 4.79 Å². The van der Waals surface area contributed by atoms with E-state index in [-0.39, 0.29) is 62.1 Å². The molecule has 2 rings (SSSR count). The zero-order valence-corrected chi connectivity index (χ0v) is 12.2. The van der Waals surface area contributed by atoms with E-state index in [0.29, 0.717) is 6.42 Å². The van der Waals surface area contributed by atoms with E-state index < -0.39 is 12.4 Å². The number of carbonyl (C=O) groups is 1. The molecular formula is C8H12AcO4. The minimum Gasteiger partial charge on any atom is -0.457 e. The van der Waals surface area contributed by atoms with E-state index in [4.69, 9.17) is 9.47 Å². The first-order valence-corrected chi connectivity index (χ1v) is 4.25. The van der Waals surface area contributed by atoms with Crippen molar-refractivity contribution in [2.45, 2.75) is 38.3 Å². The molecule has 0 aromatic carbocycles. The number of ether oxygens (including phenoxy) is 2. The molecule has 0 bridgehead atoms. The van der Waals surface area contributed by atoms with Crippen LogP contribution in [0.3, 0.4) is 0 Å². The third kappa shape index (κ3) is 2.09. The van der Waals surface area contributed by atoms with Crippen LogP contribution in [0.5, 0.6) is 0 Å². The molecule has 4 nitrogen and oxygen atoms in total. The summed E-state index contributed by atoms with van der Waals surface area (Å²) in [6.45, 7) is 1.97. The summed E-state index contributed by atoms with van der Waals surface area (Å²) >= 11 is 0. The molecule has 4 unspecified atom stereocenters. The second-order valence-corrected chi connectivity index (χ2v) is 3.30. The van der Waals surface area contributed by atoms with Crippen LogP contribution in [0, 0.1) is 50.0 Å². The van der Waals surface area contributed by atoms with Gasteiger partial charge in [0.1, 0.15) is 0 Å². The number of aliphatic hydroxyl groups is 1. The van der Waals surface area contributed by atoms with E-state index in [0.717, 1.165) is 6.42 Å². The van der Waals surface area contributed by atoms with Crippen molar-refractivity contribution in [3.8, 4) is 0 Å². The van der Waals surface area contributed by atoms with Gasteiger partial charge in [0, 0.05) is 50.0 Å². The Morgan fingerprint density at radius 1 is 1.62 bits per heavy atom. The van der Waals surface area contributed by atoms with E-state index in [2.05, 4.69) is 0 Å². The molecule has 1 radical (unpaired) electrons. The van der Waals surface area contributed by atoms with Crippen LogP contribution in [-0.4, -0.2) is 29.6 Å². The van der Waals surface area contributed by atoms with Gasteiger partial charge in [0.25, 0.3) is 0 Å². The molecule has 0 aliphatic carbocycles. The van der Waals surface area contributed by atoms with Gasteiger partial charge in [-0.25, -0.2) is 0 Å². The van der Waals surface area contributed by atoms with E-state index in [1.807, 2.05) is 6.92 Å². The molecule has 13 heavy (non-hydrogen) atoms. The Morgan fingerprint density at radius 3 is 2.92 bits per heavy atom. The number of aliphatic hydroxyl groups excluding tert-OH is 1. The third-order valence-corrected chi connectivity index (χ3v) is 2.57. The van der Waals surface area contributed by atoms with Gasteiger partial charge in [0.05, 0.1) is 12.5 Å². The maximum absolute atomic E-state index is 10.9. The Balaban J connectivity index is 0.000000845. The Hall–Kier alpha value is 0.832. The molecular weight excluding hydrogens is 387 g/mol. The Kier molecular flexibility index (Phi) is 4.18. The number of carbonyl (C=O) groups excluding carboxylic acids is 1. The number of rotatable bonds is 1. The fourth-order valence-electron chi connectivity index (χ4n) is 1.96. The largest absolute Gasteiger partial charge is 0.457 e. The minimum absolute atomic E-state index is 0. The predicted octanol–water partition coefficient (Wildman–Crippen LogP) is 0.0453. The number of hydrogen-bond acceptors (Lipinski definition) is 4. The van der Waals surface area contributed by atoms with Crippen LogP contribution in [0.15, 0.2) is 0 Å². The molecule has 2 aliphatic heterocycles. The van der Waals surface area contributed by atoms with Crippen LogP contribution in [-0.2, 0) is 14.3 Å². The SMILES string of the molecule is CCC1OC(O)C2OC(=O)CC12.[Ac]. The first-order chi connectivity index (χ1) is 5.72. The first-order valence-electron chi connectivity index (χ1n) is 4.25. The monoisotopic (exact) mass is 399 g/mol. The van der Waals surface area contributed by atoms with Crippen LogP contribution in [0.25, 0.3) is 0 Å². The smallest absolute Gasteiger partial charge is 0.306 e. The number of esters is 1. The maximum Gasteiger partial charge on any atom is 0.306 e. The standard InChI is InChI=1S/C8H12O4.Ac/c1-2-5-4-3-6(9)12-7(4)8(10)11-5;/h4-5,7-8,10H,2-3H2,1H3;. The molecule has 0 saturated carbocycles. The molecule has 0 spiro atoms. The van der Waals surface area contributed by atoms with E-state index in [1.165, 1.54) is 0 Å². The van der Waals surface area contributed by atoms with Crippen molar-refractivity contribution in [2.75, 3.05) is 0 Å². The second-order valence-electron chi connectivity index (χ2n) is 3.30. The molecule has 1 N–H and O–H groups in total. The van der Waals surface area contributed by atoms with E-state index >= 15 is 0 Å². The van der Waals surface area contributed by atoms with Crippen LogP contribution in [0.2, 0.25) is 0 Å². The quantitative estimate of drug-likeness (QED) is 0.634. The molecule has 2 heterocycles. The summed E-state index contributed by atoms with van der Waals surface area (Å²) in [5.74, 6) is -0.150. The molecule has 5 heteroatoms. The molecule has 2 fully saturated rings. The average molecular weight is 399 g/mol. The summed E-state index contributed by atoms with van der Waals surface area (Å²) in [5.41, 5.74) is 0. The minimum atomic E-state index is -0.911. The molecule has 4 atom stereocenters. The summed E-state index contributed by atoms with van der Waals surface area (Å²) in [6, 6.07) is 0. The number of hydrogen-bond donors (Lipinski definition) is 1. The van der Waals surface area contributed by atoms with Gasteiger partial charge in [0.2, 0.25) is 0 Å². The zero-order chi connectivity index (χ0) is 8.72. The molecule has 2 saturated heterocycles. The fourth-order valence-corrected chi connectivity index (χ4v) is 1.96. The van der Waals surface area contributed by atoms with Crippen LogP contribution >= 0.6 is 0 Å². The van der Waals surface area contributed by atoms with Gasteiger partial charge < -0.3 is 14.6 Å². The molecule has 0 aromatic rings. The summed E-state index contributed by atoms with van der Waals surface area (Å²) in [6.07, 6.45) is -0.139. The topological polar surface area (TPSA) is 55.8 Å². The van der Waals surface area contributed by atoms with Gasteiger partial charge in [-0.1, -0.05) is 6.92 Å². The predicted molar refractivity (Wildman–Crippen MR) is 39.2 cm³/mol. The van der Waals surface area contributed by atoms with Crippen molar-refractivity contribution in [3.05, 3.63) is 0 Å². The average Bonchev–Trinajstić information content (AvgIpc) is 2.52. The normalized spacial score (nSPS) is 42.5. The van der Waals surface area contributed by atoms with Gasteiger partial charge in [-0.2, -0.15) is 0 Å². The summed E-state index contributed by atoms with van der Waals surface area (Å²) < 4.78 is 10.1. The third-order valence-electron chi connectivity index (χ3n) is 2.57. The van der Waals surface area contributed by atoms with E-state index in [1.54, 1.807) is 0 Å². The van der Waals surface area contributed by atoms with Crippen molar-refractivity contribution in [1.82, 2.24) is 0 Å². The van der Waals surface area contributed by atoms with Crippen LogP contribution < -0.4 is 0 Å². The Bertz CT molecular complexity index is 208. The Morgan fingerprint density at radius 2 is 2.31 bits per heavy atom. The van der Waals surface area contributed by atoms with Crippen molar-refractivity contribution >= 4 is 5.97 Å². The summed E-state index contributed by atoms with van der Waals surface area (Å²) in [5, 5.41) is 9.32. The van der Waals surface area contributed by atoms with Gasteiger partial charge in [-0.05, 0) is 6.42 Å². The first kappa shape index (κ1) is 11.9. The molecule has 2 aliphatic rings. The molecule has 0 amide bonds. The Labute approximate surface area is 113 Å². The van der Waals surface area contributed by atoms with Crippen LogP contribution in [0.1, 0.15) is 19.8 Å². The summed E-state index contributed by atoms with van der Waals surface area (Å²) in [4.78, 5) is 10.9. The maximum atomic E-state index is 10.9. The van der Waals surface area contributed by atoms with E-state index in [9.17, 15) is 9.90 Å². The van der Waals surface area contributed by atoms with Crippen LogP contribution in [0.4, 0.5) is 0 Å². The van der Waals surface area contributed by atoms with Gasteiger partial charge >= 0.3 is 5.97 Å². The van der Waals surface area contributed by atoms with Crippen molar-refractivity contribution in [1.29, 1.82) is 0 Å². The second kappa shape index (κ2) is 4.57. The van der Waals surface area contributed by atoms with Crippen molar-refractivity contribution in [2.24, 2.45) is 5.92 Å². The fraction of sp³-hybridized carbons (Fsp3) is 0.875. The van der Waals surface area contributed by atoms with Crippen molar-refractivity contribution < 1.29 is 63.4 Å². The van der Waals surface area contributed by atoms with Gasteiger partial charge in [-0.15, -0.1) is 0 Å². The summed E-state index contributed by atoms with van der Waals surface area (Å²) in [7, 11) is 0. The zero-order valence-electron chi connectivity index (χ0n) is 7.47. The van der Waals surface area contributed by atoms with Gasteiger partial charge in [0.15, 0.2) is 12.4 Å². The molecule has 71 valence electrons. The number of fused-ring (bicyclic) bond motifs is 1. The van der Waals surface area contributed by atoms with Crippen molar-refractivity contribution in [3.63, 3.8) is 0 Å².